The van der Waals surface area contributed by atoms with Crippen LogP contribution in [0.15, 0.2) is 24.3 Å². The Kier molecular flexibility index (Phi) is 4.55. The van der Waals surface area contributed by atoms with E-state index in [1.165, 1.54) is 0 Å². The van der Waals surface area contributed by atoms with Crippen LogP contribution >= 0.6 is 0 Å². The summed E-state index contributed by atoms with van der Waals surface area (Å²) < 4.78 is 5.31. The minimum atomic E-state index is -0.582. The first-order chi connectivity index (χ1) is 8.04. The van der Waals surface area contributed by atoms with Crippen molar-refractivity contribution in [2.24, 2.45) is 0 Å². The fourth-order valence-corrected chi connectivity index (χ4v) is 1.74. The smallest absolute Gasteiger partial charge is 0.230 e. The fourth-order valence-electron chi connectivity index (χ4n) is 1.74. The van der Waals surface area contributed by atoms with Gasteiger partial charge in [0.2, 0.25) is 5.91 Å². The maximum atomic E-state index is 12.1. The molecule has 0 saturated carbocycles. The Morgan fingerprint density at radius 3 is 2.59 bits per heavy atom. The molecule has 0 aromatic heterocycles. The first-order valence-electron chi connectivity index (χ1n) is 5.95. The highest BCUT2D eigenvalue weighted by atomic mass is 16.5. The summed E-state index contributed by atoms with van der Waals surface area (Å²) in [5, 5.41) is 2.93. The second-order valence-electron chi connectivity index (χ2n) is 4.58. The van der Waals surface area contributed by atoms with E-state index in [0.29, 0.717) is 6.54 Å². The molecule has 94 valence electrons. The lowest BCUT2D eigenvalue weighted by atomic mass is 9.83. The summed E-state index contributed by atoms with van der Waals surface area (Å²) in [5.74, 6) is 0.785. The van der Waals surface area contributed by atoms with E-state index in [-0.39, 0.29) is 5.91 Å². The molecular weight excluding hydrogens is 214 g/mol. The maximum absolute atomic E-state index is 12.1. The zero-order chi connectivity index (χ0) is 12.9. The summed E-state index contributed by atoms with van der Waals surface area (Å²) in [4.78, 5) is 12.1. The number of ether oxygens (including phenoxy) is 1. The molecule has 0 spiro atoms. The van der Waals surface area contributed by atoms with Gasteiger partial charge in [-0.25, -0.2) is 0 Å². The van der Waals surface area contributed by atoms with E-state index in [2.05, 4.69) is 5.32 Å². The second-order valence-corrected chi connectivity index (χ2v) is 4.58. The number of hydrogen-bond donors (Lipinski definition) is 1. The van der Waals surface area contributed by atoms with E-state index in [0.717, 1.165) is 17.7 Å². The molecule has 3 nitrogen and oxygen atoms in total. The molecule has 17 heavy (non-hydrogen) atoms. The molecule has 0 aliphatic carbocycles. The summed E-state index contributed by atoms with van der Waals surface area (Å²) in [6.45, 7) is 6.57. The van der Waals surface area contributed by atoms with E-state index < -0.39 is 5.41 Å². The van der Waals surface area contributed by atoms with Crippen molar-refractivity contribution < 1.29 is 9.53 Å². The van der Waals surface area contributed by atoms with Crippen molar-refractivity contribution in [3.63, 3.8) is 0 Å². The summed E-state index contributed by atoms with van der Waals surface area (Å²) in [7, 11) is 1.62. The van der Waals surface area contributed by atoms with Gasteiger partial charge in [0.05, 0.1) is 12.5 Å². The Labute approximate surface area is 103 Å². The Balaban J connectivity index is 2.99. The number of rotatable bonds is 5. The van der Waals surface area contributed by atoms with Gasteiger partial charge in [-0.1, -0.05) is 25.1 Å². The quantitative estimate of drug-likeness (QED) is 0.851. The van der Waals surface area contributed by atoms with Crippen LogP contribution in [0.5, 0.6) is 5.75 Å². The van der Waals surface area contributed by atoms with Gasteiger partial charge >= 0.3 is 0 Å². The Morgan fingerprint density at radius 1 is 1.35 bits per heavy atom. The van der Waals surface area contributed by atoms with Gasteiger partial charge in [-0.15, -0.1) is 0 Å². The summed E-state index contributed by atoms with van der Waals surface area (Å²) >= 11 is 0. The third-order valence-corrected chi connectivity index (χ3v) is 2.88. The molecule has 0 saturated heterocycles. The highest BCUT2D eigenvalue weighted by Crippen LogP contribution is 2.31. The zero-order valence-electron chi connectivity index (χ0n) is 11.0. The van der Waals surface area contributed by atoms with Crippen LogP contribution in [0.2, 0.25) is 0 Å². The minimum Gasteiger partial charge on any atom is -0.496 e. The van der Waals surface area contributed by atoms with Crippen LogP contribution in [0.25, 0.3) is 0 Å². The highest BCUT2D eigenvalue weighted by Gasteiger charge is 2.31. The lowest BCUT2D eigenvalue weighted by molar-refractivity contribution is -0.125. The predicted molar refractivity (Wildman–Crippen MR) is 69.3 cm³/mol. The molecule has 1 aromatic rings. The summed E-state index contributed by atoms with van der Waals surface area (Å²) in [6.07, 6.45) is 0.938. The van der Waals surface area contributed by atoms with Crippen LogP contribution in [-0.4, -0.2) is 19.6 Å². The third-order valence-electron chi connectivity index (χ3n) is 2.88. The van der Waals surface area contributed by atoms with Gasteiger partial charge in [0, 0.05) is 12.1 Å². The van der Waals surface area contributed by atoms with Crippen molar-refractivity contribution in [2.75, 3.05) is 13.7 Å². The van der Waals surface area contributed by atoms with Gasteiger partial charge in [0.15, 0.2) is 0 Å². The molecule has 0 aliphatic rings. The lowest BCUT2D eigenvalue weighted by Gasteiger charge is -2.25. The fraction of sp³-hybridized carbons (Fsp3) is 0.500. The normalized spacial score (nSPS) is 11.1. The van der Waals surface area contributed by atoms with Crippen molar-refractivity contribution >= 4 is 5.91 Å². The third kappa shape index (κ3) is 2.99. The molecule has 0 radical (unpaired) electrons. The van der Waals surface area contributed by atoms with Gasteiger partial charge in [-0.3, -0.25) is 4.79 Å². The van der Waals surface area contributed by atoms with Crippen molar-refractivity contribution in [3.8, 4) is 5.75 Å². The van der Waals surface area contributed by atoms with Crippen LogP contribution < -0.4 is 10.1 Å². The summed E-state index contributed by atoms with van der Waals surface area (Å²) in [5.41, 5.74) is 0.331. The van der Waals surface area contributed by atoms with Gasteiger partial charge in [0.1, 0.15) is 5.75 Å². The number of carbonyl (C=O) groups excluding carboxylic acids is 1. The average molecular weight is 235 g/mol. The van der Waals surface area contributed by atoms with Crippen LogP contribution in [0.3, 0.4) is 0 Å². The summed E-state index contributed by atoms with van der Waals surface area (Å²) in [6, 6.07) is 7.64. The molecule has 0 heterocycles. The van der Waals surface area contributed by atoms with Gasteiger partial charge in [0.25, 0.3) is 0 Å². The van der Waals surface area contributed by atoms with Crippen LogP contribution in [-0.2, 0) is 10.2 Å². The second kappa shape index (κ2) is 5.71. The molecule has 0 atom stereocenters. The number of para-hydroxylation sites is 1. The SMILES string of the molecule is CCCNC(=O)C(C)(C)c1ccccc1OC. The van der Waals surface area contributed by atoms with Crippen molar-refractivity contribution in [1.82, 2.24) is 5.32 Å². The van der Waals surface area contributed by atoms with E-state index in [4.69, 9.17) is 4.74 Å². The van der Waals surface area contributed by atoms with Crippen molar-refractivity contribution in [1.29, 1.82) is 0 Å². The first-order valence-corrected chi connectivity index (χ1v) is 5.95. The average Bonchev–Trinajstić information content (AvgIpc) is 2.35. The Hall–Kier alpha value is -1.51. The maximum Gasteiger partial charge on any atom is 0.230 e. The molecule has 1 aromatic carbocycles. The Bertz CT molecular complexity index is 386. The molecular formula is C14H21NO2. The monoisotopic (exact) mass is 235 g/mol. The van der Waals surface area contributed by atoms with E-state index in [9.17, 15) is 4.79 Å². The number of carbonyl (C=O) groups is 1. The highest BCUT2D eigenvalue weighted by molar-refractivity contribution is 5.88. The number of amides is 1. The molecule has 0 unspecified atom stereocenters. The molecule has 0 fully saturated rings. The first kappa shape index (κ1) is 13.6. The topological polar surface area (TPSA) is 38.3 Å². The number of benzene rings is 1. The largest absolute Gasteiger partial charge is 0.496 e. The molecule has 1 rings (SSSR count). The standard InChI is InChI=1S/C14H21NO2/c1-5-10-15-13(16)14(2,3)11-8-6-7-9-12(11)17-4/h6-9H,5,10H2,1-4H3,(H,15,16). The van der Waals surface area contributed by atoms with Gasteiger partial charge in [-0.2, -0.15) is 0 Å². The Morgan fingerprint density at radius 2 is 2.00 bits per heavy atom. The van der Waals surface area contributed by atoms with Crippen LogP contribution in [0, 0.1) is 0 Å². The molecule has 1 N–H and O–H groups in total. The van der Waals surface area contributed by atoms with Crippen LogP contribution in [0.4, 0.5) is 0 Å². The number of hydrogen-bond acceptors (Lipinski definition) is 2. The van der Waals surface area contributed by atoms with Crippen molar-refractivity contribution in [3.05, 3.63) is 29.8 Å². The molecule has 0 aliphatic heterocycles. The van der Waals surface area contributed by atoms with Crippen LogP contribution in [0.1, 0.15) is 32.8 Å². The lowest BCUT2D eigenvalue weighted by Crippen LogP contribution is -2.40. The number of methoxy groups -OCH3 is 1. The van der Waals surface area contributed by atoms with E-state index in [1.807, 2.05) is 45.0 Å². The van der Waals surface area contributed by atoms with E-state index in [1.54, 1.807) is 7.11 Å². The molecule has 0 bridgehead atoms. The van der Waals surface area contributed by atoms with Crippen molar-refractivity contribution in [2.45, 2.75) is 32.6 Å². The molecule has 3 heteroatoms. The number of nitrogens with one attached hydrogen (secondary N) is 1. The predicted octanol–water partition coefficient (Wildman–Crippen LogP) is 2.50. The zero-order valence-corrected chi connectivity index (χ0v) is 11.0. The van der Waals surface area contributed by atoms with E-state index >= 15 is 0 Å². The molecule has 1 amide bonds. The van der Waals surface area contributed by atoms with Gasteiger partial charge in [-0.05, 0) is 26.3 Å². The van der Waals surface area contributed by atoms with Gasteiger partial charge < -0.3 is 10.1 Å². The minimum absolute atomic E-state index is 0.0313.